The molecule has 0 saturated carbocycles. The second-order valence-electron chi connectivity index (χ2n) is 22.4. The Labute approximate surface area is 479 Å². The van der Waals surface area contributed by atoms with Crippen LogP contribution in [0, 0.1) is 17.8 Å². The molecule has 6 aromatic rings. The predicted molar refractivity (Wildman–Crippen MR) is 311 cm³/mol. The molecule has 0 aliphatic carbocycles. The van der Waals surface area contributed by atoms with E-state index >= 15 is 0 Å². The highest BCUT2D eigenvalue weighted by molar-refractivity contribution is 5.98. The minimum absolute atomic E-state index is 0.0600. The van der Waals surface area contributed by atoms with E-state index in [2.05, 4.69) is 76.5 Å². The number of nitrogens with one attached hydrogen (secondary N) is 5. The Bertz CT molecular complexity index is 3180. The van der Waals surface area contributed by atoms with Gasteiger partial charge in [-0.3, -0.25) is 19.2 Å². The number of hydrogen-bond acceptors (Lipinski definition) is 9. The number of carbonyl (C=O) groups is 4. The standard InChI is InChI=1S/C23H28N2O3.C21H23F3N2O2.C20H21F3N2O2/c1-23(2,3)18-8-4-15(5-9-18)6-11-21(27)24-19-10-7-16-12-17(14-26)22(28)25-20(16)13-19;1-26-12-15(13-27)10-16-5-8-18(11-19(16)26)25-20(28)9-4-14-2-6-17(7-3-14)21(22,23)24;21-20(22,23)16-5-1-13(2-6-16)3-8-19(27)25-17-7-4-15-9-14(12-26)11-24-18(15)10-17/h4-5,7-10,13,17,26H,6,11-12,14H2,1-3H3,(H,24,27)(H,25,28);2-3,5-8,11,15,27H,4,9-10,12-13H2,1H3,(H,25,28);1-2,4-7,10,14,24,26H,3,8-9,11-12H2,(H,25,27). The first-order valence-electron chi connectivity index (χ1n) is 27.7. The molecule has 13 nitrogen and oxygen atoms in total. The zero-order chi connectivity index (χ0) is 60.1. The van der Waals surface area contributed by atoms with Crippen molar-refractivity contribution < 1.29 is 60.8 Å². The third kappa shape index (κ3) is 18.4. The minimum atomic E-state index is -4.35. The van der Waals surface area contributed by atoms with Crippen LogP contribution in [0.15, 0.2) is 127 Å². The summed E-state index contributed by atoms with van der Waals surface area (Å²) in [7, 11) is 1.96. The molecule has 0 fully saturated rings. The van der Waals surface area contributed by atoms with Crippen molar-refractivity contribution in [3.63, 3.8) is 0 Å². The minimum Gasteiger partial charge on any atom is -0.396 e. The summed E-state index contributed by atoms with van der Waals surface area (Å²) in [6, 6.07) is 35.0. The Hall–Kier alpha value is -7.74. The topological polar surface area (TPSA) is 192 Å². The van der Waals surface area contributed by atoms with Crippen LogP contribution in [-0.2, 0) is 75.5 Å². The van der Waals surface area contributed by atoms with Crippen molar-refractivity contribution in [2.75, 3.05) is 71.4 Å². The molecule has 3 aliphatic rings. The molecule has 0 aromatic heterocycles. The number of aliphatic hydroxyl groups excluding tert-OH is 3. The summed E-state index contributed by atoms with van der Waals surface area (Å²) in [5.74, 6) is -0.626. The van der Waals surface area contributed by atoms with E-state index in [1.807, 2.05) is 55.6 Å². The number of carbonyl (C=O) groups excluding carboxylic acids is 4. The average molecular weight is 1150 g/mol. The lowest BCUT2D eigenvalue weighted by Gasteiger charge is -2.33. The van der Waals surface area contributed by atoms with Crippen molar-refractivity contribution in [1.29, 1.82) is 0 Å². The molecule has 0 saturated heterocycles. The van der Waals surface area contributed by atoms with Crippen molar-refractivity contribution in [2.24, 2.45) is 17.8 Å². The van der Waals surface area contributed by atoms with E-state index in [9.17, 15) is 60.8 Å². The zero-order valence-corrected chi connectivity index (χ0v) is 46.9. The Balaban J connectivity index is 0.000000179. The molecule has 0 spiro atoms. The van der Waals surface area contributed by atoms with E-state index in [0.717, 1.165) is 77.3 Å². The number of halogens is 6. The molecule has 83 heavy (non-hydrogen) atoms. The summed E-state index contributed by atoms with van der Waals surface area (Å²) < 4.78 is 75.4. The van der Waals surface area contributed by atoms with Gasteiger partial charge in [-0.05, 0) is 144 Å². The molecule has 9 rings (SSSR count). The molecule has 442 valence electrons. The SMILES string of the molecule is CC(C)(C)c1ccc(CCC(=O)Nc2ccc3c(c2)NC(=O)C(CO)C3)cc1.CN1CC(CO)Cc2ccc(NC(=O)CCc3ccc(C(F)(F)F)cc3)cc21.O=C(CCc1ccc(C(F)(F)F)cc1)Nc1ccc2c(c1)NCC(CO)C2. The lowest BCUT2D eigenvalue weighted by molar-refractivity contribution is -0.138. The van der Waals surface area contributed by atoms with Crippen LogP contribution < -0.4 is 31.5 Å². The van der Waals surface area contributed by atoms with Gasteiger partial charge >= 0.3 is 12.4 Å². The van der Waals surface area contributed by atoms with Gasteiger partial charge in [-0.15, -0.1) is 0 Å². The molecular weight excluding hydrogens is 1080 g/mol. The maximum atomic E-state index is 12.6. The Morgan fingerprint density at radius 2 is 0.940 bits per heavy atom. The summed E-state index contributed by atoms with van der Waals surface area (Å²) in [4.78, 5) is 50.6. The maximum absolute atomic E-state index is 12.6. The number of rotatable bonds is 15. The highest BCUT2D eigenvalue weighted by Gasteiger charge is 2.31. The second-order valence-corrected chi connectivity index (χ2v) is 22.4. The first-order valence-corrected chi connectivity index (χ1v) is 27.7. The van der Waals surface area contributed by atoms with Crippen molar-refractivity contribution in [1.82, 2.24) is 0 Å². The lowest BCUT2D eigenvalue weighted by atomic mass is 9.86. The van der Waals surface area contributed by atoms with Gasteiger partial charge < -0.3 is 46.8 Å². The van der Waals surface area contributed by atoms with Gasteiger partial charge in [-0.25, -0.2) is 0 Å². The highest BCUT2D eigenvalue weighted by Crippen LogP contribution is 2.34. The quantitative estimate of drug-likeness (QED) is 0.0462. The van der Waals surface area contributed by atoms with E-state index in [-0.39, 0.29) is 73.5 Å². The fraction of sp³-hybridized carbons (Fsp3) is 0.375. The summed E-state index contributed by atoms with van der Waals surface area (Å²) in [6.45, 7) is 8.10. The van der Waals surface area contributed by atoms with Gasteiger partial charge in [0.25, 0.3) is 0 Å². The van der Waals surface area contributed by atoms with E-state index in [4.69, 9.17) is 0 Å². The van der Waals surface area contributed by atoms with Crippen molar-refractivity contribution >= 4 is 57.8 Å². The maximum Gasteiger partial charge on any atom is 0.416 e. The predicted octanol–water partition coefficient (Wildman–Crippen LogP) is 11.4. The molecular formula is C64H72F6N6O7. The van der Waals surface area contributed by atoms with Crippen LogP contribution in [-0.4, -0.2) is 78.9 Å². The number of fused-ring (bicyclic) bond motifs is 3. The number of benzene rings is 6. The van der Waals surface area contributed by atoms with Crippen LogP contribution in [0.3, 0.4) is 0 Å². The summed E-state index contributed by atoms with van der Waals surface area (Å²) >= 11 is 0. The first kappa shape index (κ1) is 62.9. The average Bonchev–Trinajstić information content (AvgIpc) is 3.67. The number of aryl methyl sites for hydroxylation is 3. The molecule has 0 radical (unpaired) electrons. The summed E-state index contributed by atoms with van der Waals surface area (Å²) in [5.41, 5.74) is 10.4. The highest BCUT2D eigenvalue weighted by atomic mass is 19.4. The molecule has 3 heterocycles. The third-order valence-corrected chi connectivity index (χ3v) is 14.8. The van der Waals surface area contributed by atoms with Gasteiger partial charge in [0.05, 0.1) is 23.7 Å². The van der Waals surface area contributed by atoms with E-state index < -0.39 is 29.4 Å². The monoisotopic (exact) mass is 1150 g/mol. The molecule has 4 amide bonds. The van der Waals surface area contributed by atoms with E-state index in [0.29, 0.717) is 72.5 Å². The molecule has 3 aliphatic heterocycles. The molecule has 8 N–H and O–H groups in total. The smallest absolute Gasteiger partial charge is 0.396 e. The number of aliphatic hydroxyl groups is 3. The van der Waals surface area contributed by atoms with Crippen molar-refractivity contribution in [3.8, 4) is 0 Å². The van der Waals surface area contributed by atoms with Gasteiger partial charge in [0.2, 0.25) is 23.6 Å². The van der Waals surface area contributed by atoms with Crippen LogP contribution in [0.25, 0.3) is 0 Å². The lowest BCUT2D eigenvalue weighted by Crippen LogP contribution is -2.34. The molecule has 3 atom stereocenters. The van der Waals surface area contributed by atoms with Crippen molar-refractivity contribution in [2.45, 2.75) is 96.3 Å². The number of anilines is 6. The van der Waals surface area contributed by atoms with Crippen LogP contribution in [0.1, 0.15) is 90.1 Å². The van der Waals surface area contributed by atoms with Crippen LogP contribution in [0.4, 0.5) is 60.5 Å². The van der Waals surface area contributed by atoms with Crippen LogP contribution >= 0.6 is 0 Å². The summed E-state index contributed by atoms with van der Waals surface area (Å²) in [6.07, 6.45) is -4.43. The fourth-order valence-corrected chi connectivity index (χ4v) is 9.94. The van der Waals surface area contributed by atoms with Gasteiger partial charge in [0.15, 0.2) is 0 Å². The van der Waals surface area contributed by atoms with E-state index in [1.165, 1.54) is 29.8 Å². The Morgan fingerprint density at radius 1 is 0.530 bits per heavy atom. The van der Waals surface area contributed by atoms with Crippen molar-refractivity contribution in [3.05, 3.63) is 177 Å². The Kier molecular flexibility index (Phi) is 21.2. The first-order chi connectivity index (χ1) is 39.4. The number of nitrogens with zero attached hydrogens (tertiary/aromatic N) is 1. The van der Waals surface area contributed by atoms with Gasteiger partial charge in [-0.2, -0.15) is 26.3 Å². The zero-order valence-electron chi connectivity index (χ0n) is 46.9. The molecule has 19 heteroatoms. The Morgan fingerprint density at radius 3 is 1.37 bits per heavy atom. The summed E-state index contributed by atoms with van der Waals surface area (Å²) in [5, 5.41) is 42.5. The van der Waals surface area contributed by atoms with Crippen LogP contribution in [0.2, 0.25) is 0 Å². The second kappa shape index (κ2) is 28.0. The van der Waals surface area contributed by atoms with Gasteiger partial charge in [0, 0.05) is 98.6 Å². The number of alkyl halides is 6. The van der Waals surface area contributed by atoms with Gasteiger partial charge in [0.1, 0.15) is 0 Å². The molecule has 3 unspecified atom stereocenters. The number of hydrogen-bond donors (Lipinski definition) is 8. The normalized spacial score (nSPS) is 16.4. The van der Waals surface area contributed by atoms with E-state index in [1.54, 1.807) is 6.07 Å². The fourth-order valence-electron chi connectivity index (χ4n) is 9.94. The van der Waals surface area contributed by atoms with Gasteiger partial charge in [-0.1, -0.05) is 87.5 Å². The van der Waals surface area contributed by atoms with Crippen LogP contribution in [0.5, 0.6) is 0 Å². The molecule has 0 bridgehead atoms. The number of amides is 4. The largest absolute Gasteiger partial charge is 0.416 e. The third-order valence-electron chi connectivity index (χ3n) is 14.8. The molecule has 6 aromatic carbocycles.